The smallest absolute Gasteiger partial charge is 0.212 e. The first kappa shape index (κ1) is 14.6. The van der Waals surface area contributed by atoms with Crippen molar-refractivity contribution in [3.63, 3.8) is 0 Å². The summed E-state index contributed by atoms with van der Waals surface area (Å²) in [5.41, 5.74) is 1.90. The molecule has 18 heavy (non-hydrogen) atoms. The van der Waals surface area contributed by atoms with Crippen LogP contribution in [-0.4, -0.2) is 34.8 Å². The summed E-state index contributed by atoms with van der Waals surface area (Å²) in [6.45, 7) is 1.73. The van der Waals surface area contributed by atoms with Gasteiger partial charge in [-0.1, -0.05) is 24.0 Å². The molecule has 0 unspecified atom stereocenters. The van der Waals surface area contributed by atoms with Gasteiger partial charge in [0.2, 0.25) is 10.0 Å². The first-order chi connectivity index (χ1) is 8.46. The number of anilines is 1. The number of benzene rings is 1. The van der Waals surface area contributed by atoms with E-state index in [-0.39, 0.29) is 12.3 Å². The fourth-order valence-electron chi connectivity index (χ4n) is 1.36. The van der Waals surface area contributed by atoms with E-state index in [1.165, 1.54) is 0 Å². The van der Waals surface area contributed by atoms with E-state index < -0.39 is 10.0 Å². The van der Waals surface area contributed by atoms with Crippen LogP contribution in [0.5, 0.6) is 0 Å². The summed E-state index contributed by atoms with van der Waals surface area (Å²) in [6, 6.07) is 7.74. The van der Waals surface area contributed by atoms with Gasteiger partial charge in [-0.2, -0.15) is 0 Å². The van der Waals surface area contributed by atoms with Crippen LogP contribution in [0, 0.1) is 11.8 Å². The molecule has 0 aliphatic carbocycles. The van der Waals surface area contributed by atoms with Gasteiger partial charge in [-0.15, -0.1) is 0 Å². The number of rotatable bonds is 4. The molecule has 0 aromatic heterocycles. The quantitative estimate of drug-likeness (QED) is 0.829. The summed E-state index contributed by atoms with van der Waals surface area (Å²) >= 11 is 0. The number of sulfonamides is 1. The molecule has 1 aromatic rings. The van der Waals surface area contributed by atoms with Crippen LogP contribution in [0.2, 0.25) is 0 Å². The van der Waals surface area contributed by atoms with Crippen molar-refractivity contribution in [2.45, 2.75) is 6.92 Å². The lowest BCUT2D eigenvalue weighted by atomic mass is 10.1. The van der Waals surface area contributed by atoms with Gasteiger partial charge in [-0.25, -0.2) is 13.1 Å². The molecule has 5 heteroatoms. The third-order valence-corrected chi connectivity index (χ3v) is 3.71. The molecule has 1 rings (SSSR count). The van der Waals surface area contributed by atoms with Gasteiger partial charge in [0.1, 0.15) is 0 Å². The molecule has 1 N–H and O–H groups in total. The lowest BCUT2D eigenvalue weighted by Gasteiger charge is -2.13. The number of nitrogens with one attached hydrogen (secondary N) is 1. The van der Waals surface area contributed by atoms with Crippen molar-refractivity contribution in [1.82, 2.24) is 4.72 Å². The molecule has 0 heterocycles. The Hall–Kier alpha value is -1.51. The Bertz CT molecular complexity index is 554. The first-order valence-electron chi connectivity index (χ1n) is 5.69. The second-order valence-corrected chi connectivity index (χ2v) is 6.03. The Kier molecular flexibility index (Phi) is 5.20. The average molecular weight is 266 g/mol. The SMILES string of the molecule is CCS(=O)(=O)NCC#Cc1ccccc1N(C)C. The minimum Gasteiger partial charge on any atom is -0.377 e. The van der Waals surface area contributed by atoms with Crippen molar-refractivity contribution in [2.24, 2.45) is 0 Å². The molecule has 0 saturated carbocycles. The van der Waals surface area contributed by atoms with Gasteiger partial charge in [0.05, 0.1) is 18.0 Å². The molecule has 98 valence electrons. The van der Waals surface area contributed by atoms with E-state index in [9.17, 15) is 8.42 Å². The number of hydrogen-bond donors (Lipinski definition) is 1. The average Bonchev–Trinajstić information content (AvgIpc) is 2.35. The minimum atomic E-state index is -3.16. The van der Waals surface area contributed by atoms with E-state index in [1.54, 1.807) is 6.92 Å². The predicted octanol–water partition coefficient (Wildman–Crippen LogP) is 1.04. The number of nitrogens with zero attached hydrogens (tertiary/aromatic N) is 1. The summed E-state index contributed by atoms with van der Waals surface area (Å²) in [7, 11) is 0.726. The highest BCUT2D eigenvalue weighted by atomic mass is 32.2. The lowest BCUT2D eigenvalue weighted by Crippen LogP contribution is -2.25. The molecule has 0 spiro atoms. The van der Waals surface area contributed by atoms with Crippen LogP contribution in [0.15, 0.2) is 24.3 Å². The zero-order chi connectivity index (χ0) is 13.6. The third-order valence-electron chi connectivity index (χ3n) is 2.37. The maximum absolute atomic E-state index is 11.2. The van der Waals surface area contributed by atoms with E-state index in [4.69, 9.17) is 0 Å². The predicted molar refractivity (Wildman–Crippen MR) is 75.1 cm³/mol. The highest BCUT2D eigenvalue weighted by Gasteiger charge is 2.03. The highest BCUT2D eigenvalue weighted by molar-refractivity contribution is 7.89. The zero-order valence-corrected chi connectivity index (χ0v) is 11.7. The Morgan fingerprint density at radius 3 is 2.56 bits per heavy atom. The Morgan fingerprint density at radius 1 is 1.28 bits per heavy atom. The van der Waals surface area contributed by atoms with Crippen molar-refractivity contribution in [2.75, 3.05) is 31.3 Å². The van der Waals surface area contributed by atoms with Crippen molar-refractivity contribution >= 4 is 15.7 Å². The van der Waals surface area contributed by atoms with Crippen LogP contribution in [0.1, 0.15) is 12.5 Å². The second-order valence-electron chi connectivity index (χ2n) is 3.94. The second kappa shape index (κ2) is 6.43. The monoisotopic (exact) mass is 266 g/mol. The van der Waals surface area contributed by atoms with Gasteiger partial charge >= 0.3 is 0 Å². The molecule has 0 radical (unpaired) electrons. The molecule has 0 fully saturated rings. The van der Waals surface area contributed by atoms with E-state index in [2.05, 4.69) is 16.6 Å². The standard InChI is InChI=1S/C13H18N2O2S/c1-4-18(16,17)14-11-7-9-12-8-5-6-10-13(12)15(2)3/h5-6,8,10,14H,4,11H2,1-3H3. The van der Waals surface area contributed by atoms with Crippen LogP contribution in [0.4, 0.5) is 5.69 Å². The molecule has 0 saturated heterocycles. The molecule has 0 amide bonds. The molecule has 0 aliphatic rings. The number of para-hydroxylation sites is 1. The summed E-state index contributed by atoms with van der Waals surface area (Å²) in [5, 5.41) is 0. The van der Waals surface area contributed by atoms with Crippen molar-refractivity contribution in [1.29, 1.82) is 0 Å². The van der Waals surface area contributed by atoms with Crippen LogP contribution in [0.3, 0.4) is 0 Å². The van der Waals surface area contributed by atoms with E-state index in [0.29, 0.717) is 0 Å². The molecular weight excluding hydrogens is 248 g/mol. The van der Waals surface area contributed by atoms with Crippen molar-refractivity contribution < 1.29 is 8.42 Å². The fraction of sp³-hybridized carbons (Fsp3) is 0.385. The summed E-state index contributed by atoms with van der Waals surface area (Å²) in [4.78, 5) is 1.97. The largest absolute Gasteiger partial charge is 0.377 e. The van der Waals surface area contributed by atoms with Gasteiger partial charge < -0.3 is 4.90 Å². The Balaban J connectivity index is 2.75. The zero-order valence-electron chi connectivity index (χ0n) is 10.9. The molecule has 0 atom stereocenters. The summed E-state index contributed by atoms with van der Waals surface area (Å²) < 4.78 is 24.8. The Morgan fingerprint density at radius 2 is 1.94 bits per heavy atom. The van der Waals surface area contributed by atoms with Crippen LogP contribution < -0.4 is 9.62 Å². The lowest BCUT2D eigenvalue weighted by molar-refractivity contribution is 0.587. The highest BCUT2D eigenvalue weighted by Crippen LogP contribution is 2.16. The van der Waals surface area contributed by atoms with E-state index in [1.807, 2.05) is 43.3 Å². The van der Waals surface area contributed by atoms with Crippen molar-refractivity contribution in [3.8, 4) is 11.8 Å². The van der Waals surface area contributed by atoms with Crippen molar-refractivity contribution in [3.05, 3.63) is 29.8 Å². The maximum Gasteiger partial charge on any atom is 0.212 e. The Labute approximate surface area is 109 Å². The molecule has 0 bridgehead atoms. The van der Waals surface area contributed by atoms with Gasteiger partial charge in [-0.3, -0.25) is 0 Å². The van der Waals surface area contributed by atoms with Crippen LogP contribution >= 0.6 is 0 Å². The summed E-state index contributed by atoms with van der Waals surface area (Å²) in [6.07, 6.45) is 0. The molecule has 1 aromatic carbocycles. The van der Waals surface area contributed by atoms with Gasteiger partial charge in [-0.05, 0) is 19.1 Å². The minimum absolute atomic E-state index is 0.0724. The molecule has 0 aliphatic heterocycles. The number of hydrogen-bond acceptors (Lipinski definition) is 3. The van der Waals surface area contributed by atoms with E-state index >= 15 is 0 Å². The topological polar surface area (TPSA) is 49.4 Å². The van der Waals surface area contributed by atoms with E-state index in [0.717, 1.165) is 11.3 Å². The first-order valence-corrected chi connectivity index (χ1v) is 7.34. The molecular formula is C13H18N2O2S. The van der Waals surface area contributed by atoms with Crippen LogP contribution in [0.25, 0.3) is 0 Å². The van der Waals surface area contributed by atoms with Gasteiger partial charge in [0, 0.05) is 19.7 Å². The third kappa shape index (κ3) is 4.40. The normalized spacial score (nSPS) is 10.6. The van der Waals surface area contributed by atoms with Gasteiger partial charge in [0.25, 0.3) is 0 Å². The van der Waals surface area contributed by atoms with Gasteiger partial charge in [0.15, 0.2) is 0 Å². The molecule has 4 nitrogen and oxygen atoms in total. The summed E-state index contributed by atoms with van der Waals surface area (Å²) in [5.74, 6) is 5.87. The van der Waals surface area contributed by atoms with Crippen LogP contribution in [-0.2, 0) is 10.0 Å². The maximum atomic E-state index is 11.2. The fourth-order valence-corrected chi connectivity index (χ4v) is 1.85.